The summed E-state index contributed by atoms with van der Waals surface area (Å²) in [6.07, 6.45) is 1.96. The molecular weight excluding hydrogens is 482 g/mol. The third-order valence-corrected chi connectivity index (χ3v) is 7.81. The average molecular weight is 508 g/mol. The summed E-state index contributed by atoms with van der Waals surface area (Å²) in [4.78, 5) is 17.9. The van der Waals surface area contributed by atoms with E-state index in [9.17, 15) is 4.79 Å². The zero-order valence-corrected chi connectivity index (χ0v) is 21.5. The predicted molar refractivity (Wildman–Crippen MR) is 139 cm³/mol. The van der Waals surface area contributed by atoms with E-state index >= 15 is 0 Å². The number of halogens is 1. The maximum Gasteiger partial charge on any atom is 0.264 e. The lowest BCUT2D eigenvalue weighted by atomic mass is 10.1. The van der Waals surface area contributed by atoms with E-state index in [1.807, 2.05) is 32.1 Å². The summed E-state index contributed by atoms with van der Waals surface area (Å²) < 4.78 is 3.34. The molecule has 4 rings (SSSR count). The van der Waals surface area contributed by atoms with Crippen LogP contribution in [0.2, 0.25) is 0 Å². The summed E-state index contributed by atoms with van der Waals surface area (Å²) in [5, 5.41) is 3.50. The third kappa shape index (κ3) is 4.34. The molecule has 2 aromatic carbocycles. The number of hydrogen-bond donors (Lipinski definition) is 1. The van der Waals surface area contributed by atoms with Crippen LogP contribution in [0.4, 0.5) is 5.69 Å². The van der Waals surface area contributed by atoms with Gasteiger partial charge in [0.2, 0.25) is 0 Å². The first-order valence-corrected chi connectivity index (χ1v) is 12.1. The number of nitrogens with one attached hydrogen (secondary N) is 1. The molecule has 0 unspecified atom stereocenters. The second-order valence-corrected chi connectivity index (χ2v) is 10.2. The van der Waals surface area contributed by atoms with E-state index in [2.05, 4.69) is 82.8 Å². The van der Waals surface area contributed by atoms with Crippen LogP contribution in [-0.2, 0) is 4.79 Å². The van der Waals surface area contributed by atoms with Crippen molar-refractivity contribution >= 4 is 50.5 Å². The quantitative estimate of drug-likeness (QED) is 0.388. The van der Waals surface area contributed by atoms with Crippen molar-refractivity contribution in [3.8, 4) is 5.69 Å². The van der Waals surface area contributed by atoms with Gasteiger partial charge in [0.15, 0.2) is 5.17 Å². The molecule has 164 valence electrons. The largest absolute Gasteiger partial charge is 0.318 e. The number of amidine groups is 1. The highest BCUT2D eigenvalue weighted by Gasteiger charge is 2.25. The summed E-state index contributed by atoms with van der Waals surface area (Å²) in [5.74, 6) is -0.115. The number of aryl methyl sites for hydroxylation is 5. The second kappa shape index (κ2) is 8.75. The minimum Gasteiger partial charge on any atom is -0.318 e. The number of aliphatic imine (C=N–C) groups is 1. The summed E-state index contributed by atoms with van der Waals surface area (Å²) in [6, 6.07) is 12.6. The van der Waals surface area contributed by atoms with Gasteiger partial charge in [-0.25, -0.2) is 4.99 Å². The van der Waals surface area contributed by atoms with Crippen molar-refractivity contribution in [2.24, 2.45) is 4.99 Å². The van der Waals surface area contributed by atoms with Crippen LogP contribution in [-0.4, -0.2) is 15.6 Å². The molecule has 1 N–H and O–H groups in total. The Kier molecular flexibility index (Phi) is 6.19. The maximum absolute atomic E-state index is 12.6. The number of thioether (sulfide) groups is 1. The van der Waals surface area contributed by atoms with Gasteiger partial charge in [0.05, 0.1) is 10.6 Å². The molecule has 0 atom stereocenters. The van der Waals surface area contributed by atoms with Gasteiger partial charge in [0.1, 0.15) is 0 Å². The standard InChI is InChI=1S/C26H26BrN3OS/c1-14-7-8-22(15(2)9-14)30-18(5)12-20(19(30)6)13-23-25(31)29-26(32-23)28-21-10-16(3)24(27)17(4)11-21/h7-13H,1-6H3,(H,28,29,31)/b23-13-. The first-order valence-electron chi connectivity index (χ1n) is 10.5. The summed E-state index contributed by atoms with van der Waals surface area (Å²) in [6.45, 7) is 12.5. The fraction of sp³-hybridized carbons (Fsp3) is 0.231. The first kappa shape index (κ1) is 22.6. The highest BCUT2D eigenvalue weighted by Crippen LogP contribution is 2.32. The van der Waals surface area contributed by atoms with Crippen LogP contribution in [0, 0.1) is 41.5 Å². The van der Waals surface area contributed by atoms with Gasteiger partial charge in [-0.05, 0) is 106 Å². The molecule has 1 aliphatic heterocycles. The van der Waals surface area contributed by atoms with Crippen LogP contribution < -0.4 is 5.32 Å². The molecule has 2 heterocycles. The van der Waals surface area contributed by atoms with Crippen LogP contribution in [0.15, 0.2) is 50.8 Å². The molecule has 0 bridgehead atoms. The van der Waals surface area contributed by atoms with Crippen molar-refractivity contribution in [2.75, 3.05) is 0 Å². The zero-order chi connectivity index (χ0) is 23.2. The number of carbonyl (C=O) groups excluding carboxylic acids is 1. The summed E-state index contributed by atoms with van der Waals surface area (Å²) in [7, 11) is 0. The average Bonchev–Trinajstić information content (AvgIpc) is 3.19. The minimum absolute atomic E-state index is 0.115. The molecule has 0 radical (unpaired) electrons. The molecule has 1 amide bonds. The smallest absolute Gasteiger partial charge is 0.264 e. The molecule has 0 aliphatic carbocycles. The van der Waals surface area contributed by atoms with E-state index in [1.54, 1.807) is 0 Å². The molecular formula is C26H26BrN3OS. The Hall–Kier alpha value is -2.57. The van der Waals surface area contributed by atoms with Gasteiger partial charge in [0, 0.05) is 21.5 Å². The van der Waals surface area contributed by atoms with E-state index < -0.39 is 0 Å². The summed E-state index contributed by atoms with van der Waals surface area (Å²) >= 11 is 4.97. The lowest BCUT2D eigenvalue weighted by molar-refractivity contribution is -0.115. The Morgan fingerprint density at radius 1 is 0.969 bits per heavy atom. The van der Waals surface area contributed by atoms with Crippen LogP contribution in [0.5, 0.6) is 0 Å². The predicted octanol–water partition coefficient (Wildman–Crippen LogP) is 6.98. The number of benzene rings is 2. The van der Waals surface area contributed by atoms with E-state index in [0.717, 1.165) is 38.2 Å². The fourth-order valence-electron chi connectivity index (χ4n) is 4.09. The Labute approximate surface area is 202 Å². The highest BCUT2D eigenvalue weighted by atomic mass is 79.9. The molecule has 3 aromatic rings. The van der Waals surface area contributed by atoms with E-state index in [1.165, 1.54) is 28.6 Å². The minimum atomic E-state index is -0.115. The highest BCUT2D eigenvalue weighted by molar-refractivity contribution is 9.10. The van der Waals surface area contributed by atoms with Crippen LogP contribution in [0.1, 0.15) is 39.2 Å². The van der Waals surface area contributed by atoms with Gasteiger partial charge >= 0.3 is 0 Å². The topological polar surface area (TPSA) is 46.4 Å². The van der Waals surface area contributed by atoms with E-state index in [-0.39, 0.29) is 5.91 Å². The summed E-state index contributed by atoms with van der Waals surface area (Å²) in [5.41, 5.74) is 10.0. The number of amides is 1. The zero-order valence-electron chi connectivity index (χ0n) is 19.1. The lowest BCUT2D eigenvalue weighted by Gasteiger charge is -2.13. The van der Waals surface area contributed by atoms with Gasteiger partial charge < -0.3 is 9.88 Å². The number of hydrogen-bond acceptors (Lipinski definition) is 3. The fourth-order valence-corrected chi connectivity index (χ4v) is 5.15. The Bertz CT molecular complexity index is 1290. The Balaban J connectivity index is 1.66. The molecule has 6 heteroatoms. The van der Waals surface area contributed by atoms with Crippen molar-refractivity contribution < 1.29 is 4.79 Å². The van der Waals surface area contributed by atoms with Crippen LogP contribution in [0.25, 0.3) is 11.8 Å². The molecule has 1 aliphatic rings. The molecule has 1 aromatic heterocycles. The lowest BCUT2D eigenvalue weighted by Crippen LogP contribution is -2.19. The molecule has 1 saturated heterocycles. The van der Waals surface area contributed by atoms with Gasteiger partial charge in [-0.15, -0.1) is 0 Å². The number of aromatic nitrogens is 1. The first-order chi connectivity index (χ1) is 15.1. The van der Waals surface area contributed by atoms with Gasteiger partial charge in [0.25, 0.3) is 5.91 Å². The van der Waals surface area contributed by atoms with E-state index in [0.29, 0.717) is 10.1 Å². The second-order valence-electron chi connectivity index (χ2n) is 8.33. The number of rotatable bonds is 3. The SMILES string of the molecule is Cc1ccc(-n2c(C)cc(/C=C3\SC(=Nc4cc(C)c(Br)c(C)c4)NC3=O)c2C)c(C)c1. The van der Waals surface area contributed by atoms with Crippen molar-refractivity contribution in [1.82, 2.24) is 9.88 Å². The maximum atomic E-state index is 12.6. The van der Waals surface area contributed by atoms with Crippen LogP contribution >= 0.6 is 27.7 Å². The van der Waals surface area contributed by atoms with Crippen LogP contribution in [0.3, 0.4) is 0 Å². The van der Waals surface area contributed by atoms with Crippen molar-refractivity contribution in [3.05, 3.63) is 85.0 Å². The molecule has 32 heavy (non-hydrogen) atoms. The molecule has 1 fully saturated rings. The van der Waals surface area contributed by atoms with Crippen molar-refractivity contribution in [3.63, 3.8) is 0 Å². The van der Waals surface area contributed by atoms with Gasteiger partial charge in [-0.1, -0.05) is 33.6 Å². The number of nitrogens with zero attached hydrogens (tertiary/aromatic N) is 2. The Morgan fingerprint density at radius 3 is 2.31 bits per heavy atom. The van der Waals surface area contributed by atoms with Crippen molar-refractivity contribution in [1.29, 1.82) is 0 Å². The van der Waals surface area contributed by atoms with Gasteiger partial charge in [-0.2, -0.15) is 0 Å². The normalized spacial score (nSPS) is 16.3. The molecule has 0 spiro atoms. The van der Waals surface area contributed by atoms with Crippen molar-refractivity contribution in [2.45, 2.75) is 41.5 Å². The monoisotopic (exact) mass is 507 g/mol. The Morgan fingerprint density at radius 2 is 1.66 bits per heavy atom. The third-order valence-electron chi connectivity index (χ3n) is 5.65. The van der Waals surface area contributed by atoms with Gasteiger partial charge in [-0.3, -0.25) is 4.79 Å². The molecule has 0 saturated carbocycles. The number of carbonyl (C=O) groups is 1. The molecule has 4 nitrogen and oxygen atoms in total. The van der Waals surface area contributed by atoms with E-state index in [4.69, 9.17) is 0 Å².